The number of carbonyl (C=O) groups is 1. The summed E-state index contributed by atoms with van der Waals surface area (Å²) in [6.45, 7) is 4.66. The Morgan fingerprint density at radius 1 is 1.55 bits per heavy atom. The number of nitrogens with two attached hydrogens (primary N) is 1. The lowest BCUT2D eigenvalue weighted by molar-refractivity contribution is -0.120. The smallest absolute Gasteiger partial charge is 0.226 e. The topological polar surface area (TPSA) is 85.8 Å². The fraction of sp³-hybridized carbons (Fsp3) is 0.462. The van der Waals surface area contributed by atoms with Crippen molar-refractivity contribution in [2.75, 3.05) is 5.73 Å². The summed E-state index contributed by atoms with van der Waals surface area (Å²) in [4.78, 5) is 15.9. The van der Waals surface area contributed by atoms with E-state index >= 15 is 0 Å². The standard InChI is InChI=1S/C13H19N5OS/c1-8(2)12-9(6-18(3)17-12)5-15-11(19)4-10-7-20-13(14)16-10/h6-8H,4-5H2,1-3H3,(H2,14,16)(H,15,19). The van der Waals surface area contributed by atoms with Gasteiger partial charge in [-0.05, 0) is 5.92 Å². The molecule has 2 rings (SSSR count). The van der Waals surface area contributed by atoms with E-state index in [4.69, 9.17) is 5.73 Å². The molecule has 0 aromatic carbocycles. The molecule has 0 fully saturated rings. The second-order valence-electron chi connectivity index (χ2n) is 5.00. The lowest BCUT2D eigenvalue weighted by Crippen LogP contribution is -2.25. The van der Waals surface area contributed by atoms with Crippen LogP contribution in [0.2, 0.25) is 0 Å². The second kappa shape index (κ2) is 6.04. The molecule has 0 saturated heterocycles. The maximum absolute atomic E-state index is 11.9. The van der Waals surface area contributed by atoms with Gasteiger partial charge in [-0.2, -0.15) is 5.10 Å². The molecule has 0 spiro atoms. The Bertz CT molecular complexity index is 602. The molecular weight excluding hydrogens is 274 g/mol. The first-order chi connectivity index (χ1) is 9.45. The van der Waals surface area contributed by atoms with Crippen molar-refractivity contribution in [1.29, 1.82) is 0 Å². The number of nitrogen functional groups attached to an aromatic ring is 1. The number of amides is 1. The highest BCUT2D eigenvalue weighted by atomic mass is 32.1. The molecule has 3 N–H and O–H groups in total. The normalized spacial score (nSPS) is 11.0. The Morgan fingerprint density at radius 2 is 2.30 bits per heavy atom. The largest absolute Gasteiger partial charge is 0.375 e. The summed E-state index contributed by atoms with van der Waals surface area (Å²) < 4.78 is 1.78. The number of rotatable bonds is 5. The van der Waals surface area contributed by atoms with Gasteiger partial charge in [0.05, 0.1) is 17.8 Å². The molecular formula is C13H19N5OS. The van der Waals surface area contributed by atoms with Crippen molar-refractivity contribution in [2.24, 2.45) is 7.05 Å². The second-order valence-corrected chi connectivity index (χ2v) is 5.89. The van der Waals surface area contributed by atoms with E-state index in [1.165, 1.54) is 11.3 Å². The maximum Gasteiger partial charge on any atom is 0.226 e. The molecule has 0 saturated carbocycles. The first kappa shape index (κ1) is 14.5. The van der Waals surface area contributed by atoms with E-state index < -0.39 is 0 Å². The molecule has 7 heteroatoms. The van der Waals surface area contributed by atoms with Crippen LogP contribution in [-0.4, -0.2) is 20.7 Å². The van der Waals surface area contributed by atoms with Crippen LogP contribution in [0, 0.1) is 0 Å². The van der Waals surface area contributed by atoms with E-state index in [2.05, 4.69) is 29.2 Å². The zero-order valence-corrected chi connectivity index (χ0v) is 12.7. The minimum absolute atomic E-state index is 0.0612. The highest BCUT2D eigenvalue weighted by molar-refractivity contribution is 7.13. The Balaban J connectivity index is 1.93. The predicted octanol–water partition coefficient (Wildman–Crippen LogP) is 1.44. The zero-order valence-electron chi connectivity index (χ0n) is 11.9. The van der Waals surface area contributed by atoms with Gasteiger partial charge >= 0.3 is 0 Å². The van der Waals surface area contributed by atoms with Crippen LogP contribution < -0.4 is 11.1 Å². The third-order valence-corrected chi connectivity index (χ3v) is 3.59. The number of carbonyl (C=O) groups excluding carboxylic acids is 1. The Morgan fingerprint density at radius 3 is 2.90 bits per heavy atom. The van der Waals surface area contributed by atoms with Gasteiger partial charge in [-0.3, -0.25) is 9.48 Å². The molecule has 0 atom stereocenters. The molecule has 0 radical (unpaired) electrons. The number of nitrogens with one attached hydrogen (secondary N) is 1. The Labute approximate surface area is 122 Å². The van der Waals surface area contributed by atoms with Crippen molar-refractivity contribution in [1.82, 2.24) is 20.1 Å². The van der Waals surface area contributed by atoms with Crippen LogP contribution in [0.25, 0.3) is 0 Å². The molecule has 6 nitrogen and oxygen atoms in total. The summed E-state index contributed by atoms with van der Waals surface area (Å²) in [5.41, 5.74) is 8.32. The first-order valence-electron chi connectivity index (χ1n) is 6.44. The Hall–Kier alpha value is -1.89. The fourth-order valence-corrected chi connectivity index (χ4v) is 2.56. The minimum atomic E-state index is -0.0612. The average molecular weight is 293 g/mol. The molecule has 1 amide bonds. The van der Waals surface area contributed by atoms with E-state index in [1.54, 1.807) is 10.1 Å². The van der Waals surface area contributed by atoms with Gasteiger partial charge < -0.3 is 11.1 Å². The summed E-state index contributed by atoms with van der Waals surface area (Å²) in [5, 5.41) is 9.60. The van der Waals surface area contributed by atoms with Gasteiger partial charge in [0.1, 0.15) is 0 Å². The lowest BCUT2D eigenvalue weighted by Gasteiger charge is -2.06. The quantitative estimate of drug-likeness (QED) is 0.873. The molecule has 20 heavy (non-hydrogen) atoms. The van der Waals surface area contributed by atoms with Gasteiger partial charge in [0.2, 0.25) is 5.91 Å². The molecule has 0 aliphatic rings. The molecule has 0 aliphatic heterocycles. The van der Waals surface area contributed by atoms with E-state index in [-0.39, 0.29) is 12.3 Å². The minimum Gasteiger partial charge on any atom is -0.375 e. The number of hydrogen-bond acceptors (Lipinski definition) is 5. The maximum atomic E-state index is 11.9. The fourth-order valence-electron chi connectivity index (χ4n) is 2.00. The number of thiazole rings is 1. The van der Waals surface area contributed by atoms with Crippen LogP contribution in [0.5, 0.6) is 0 Å². The van der Waals surface area contributed by atoms with Crippen LogP contribution in [0.15, 0.2) is 11.6 Å². The van der Waals surface area contributed by atoms with Crippen LogP contribution in [0.3, 0.4) is 0 Å². The van der Waals surface area contributed by atoms with Crippen molar-refractivity contribution < 1.29 is 4.79 Å². The van der Waals surface area contributed by atoms with Crippen LogP contribution in [-0.2, 0) is 24.8 Å². The third kappa shape index (κ3) is 3.57. The SMILES string of the molecule is CC(C)c1nn(C)cc1CNC(=O)Cc1csc(N)n1. The number of aryl methyl sites for hydroxylation is 1. The van der Waals surface area contributed by atoms with E-state index in [0.29, 0.717) is 23.3 Å². The van der Waals surface area contributed by atoms with Gasteiger partial charge in [0.15, 0.2) is 5.13 Å². The van der Waals surface area contributed by atoms with Crippen molar-refractivity contribution in [3.8, 4) is 0 Å². The summed E-state index contributed by atoms with van der Waals surface area (Å²) in [7, 11) is 1.88. The average Bonchev–Trinajstić information content (AvgIpc) is 2.93. The first-order valence-corrected chi connectivity index (χ1v) is 7.32. The van der Waals surface area contributed by atoms with Crippen molar-refractivity contribution >= 4 is 22.4 Å². The highest BCUT2D eigenvalue weighted by Crippen LogP contribution is 2.17. The summed E-state index contributed by atoms with van der Waals surface area (Å²) in [6.07, 6.45) is 2.20. The van der Waals surface area contributed by atoms with Gasteiger partial charge in [0.25, 0.3) is 0 Å². The van der Waals surface area contributed by atoms with E-state index in [9.17, 15) is 4.79 Å². The molecule has 2 aromatic heterocycles. The third-order valence-electron chi connectivity index (χ3n) is 2.87. The molecule has 2 aromatic rings. The lowest BCUT2D eigenvalue weighted by atomic mass is 10.1. The molecule has 0 bridgehead atoms. The van der Waals surface area contributed by atoms with Gasteiger partial charge in [0, 0.05) is 30.7 Å². The van der Waals surface area contributed by atoms with Gasteiger partial charge in [-0.15, -0.1) is 11.3 Å². The van der Waals surface area contributed by atoms with Crippen molar-refractivity contribution in [3.63, 3.8) is 0 Å². The number of hydrogen-bond donors (Lipinski definition) is 2. The van der Waals surface area contributed by atoms with Gasteiger partial charge in [-0.1, -0.05) is 13.8 Å². The summed E-state index contributed by atoms with van der Waals surface area (Å²) in [6, 6.07) is 0. The summed E-state index contributed by atoms with van der Waals surface area (Å²) >= 11 is 1.34. The van der Waals surface area contributed by atoms with Gasteiger partial charge in [-0.25, -0.2) is 4.98 Å². The molecule has 2 heterocycles. The molecule has 0 aliphatic carbocycles. The predicted molar refractivity (Wildman–Crippen MR) is 79.4 cm³/mol. The number of aromatic nitrogens is 3. The Kier molecular flexibility index (Phi) is 4.39. The zero-order chi connectivity index (χ0) is 14.7. The monoisotopic (exact) mass is 293 g/mol. The van der Waals surface area contributed by atoms with Crippen LogP contribution >= 0.6 is 11.3 Å². The van der Waals surface area contributed by atoms with E-state index in [0.717, 1.165) is 11.3 Å². The van der Waals surface area contributed by atoms with Crippen molar-refractivity contribution in [2.45, 2.75) is 32.7 Å². The van der Waals surface area contributed by atoms with Crippen molar-refractivity contribution in [3.05, 3.63) is 28.5 Å². The molecule has 0 unspecified atom stereocenters. The van der Waals surface area contributed by atoms with Crippen LogP contribution in [0.4, 0.5) is 5.13 Å². The van der Waals surface area contributed by atoms with E-state index in [1.807, 2.05) is 13.2 Å². The van der Waals surface area contributed by atoms with Crippen LogP contribution in [0.1, 0.15) is 36.7 Å². The molecule has 108 valence electrons. The highest BCUT2D eigenvalue weighted by Gasteiger charge is 2.13. The number of anilines is 1. The number of nitrogens with zero attached hydrogens (tertiary/aromatic N) is 3. The summed E-state index contributed by atoms with van der Waals surface area (Å²) in [5.74, 6) is 0.273.